The van der Waals surface area contributed by atoms with Crippen LogP contribution in [0.5, 0.6) is 0 Å². The number of furan rings is 1. The predicted octanol–water partition coefficient (Wildman–Crippen LogP) is 3.12. The lowest BCUT2D eigenvalue weighted by atomic mass is 10.1. The van der Waals surface area contributed by atoms with Gasteiger partial charge in [0.1, 0.15) is 12.4 Å². The topological polar surface area (TPSA) is 43.6 Å². The monoisotopic (exact) mass is 289 g/mol. The van der Waals surface area contributed by atoms with Crippen molar-refractivity contribution in [3.05, 3.63) is 59.5 Å². The highest BCUT2D eigenvalue weighted by Gasteiger charge is 2.00. The summed E-state index contributed by atoms with van der Waals surface area (Å²) in [5.74, 6) is 0.872. The summed E-state index contributed by atoms with van der Waals surface area (Å²) in [5.41, 5.74) is 2.53. The number of benzene rings is 1. The Morgan fingerprint density at radius 3 is 2.67 bits per heavy atom. The van der Waals surface area contributed by atoms with Gasteiger partial charge in [0.05, 0.1) is 12.9 Å². The van der Waals surface area contributed by atoms with E-state index in [2.05, 4.69) is 23.5 Å². The average Bonchev–Trinajstić information content (AvgIpc) is 3.01. The molecule has 0 aliphatic rings. The van der Waals surface area contributed by atoms with Gasteiger partial charge in [-0.05, 0) is 36.2 Å². The van der Waals surface area contributed by atoms with Crippen LogP contribution in [0.25, 0.3) is 0 Å². The number of ether oxygens (including phenoxy) is 2. The summed E-state index contributed by atoms with van der Waals surface area (Å²) in [7, 11) is 1.72. The Hall–Kier alpha value is -1.62. The quantitative estimate of drug-likeness (QED) is 0.682. The number of rotatable bonds is 10. The molecule has 114 valence electrons. The first-order chi connectivity index (χ1) is 10.4. The summed E-state index contributed by atoms with van der Waals surface area (Å²) in [6, 6.07) is 12.1. The number of methoxy groups -OCH3 is 1. The summed E-state index contributed by atoms with van der Waals surface area (Å²) in [4.78, 5) is 0. The van der Waals surface area contributed by atoms with Gasteiger partial charge in [-0.1, -0.05) is 24.3 Å². The van der Waals surface area contributed by atoms with Gasteiger partial charge in [0.25, 0.3) is 0 Å². The molecule has 2 aromatic rings. The summed E-state index contributed by atoms with van der Waals surface area (Å²) < 4.78 is 15.9. The van der Waals surface area contributed by atoms with Crippen LogP contribution in [-0.4, -0.2) is 20.3 Å². The second kappa shape index (κ2) is 9.34. The molecule has 1 aromatic carbocycles. The molecule has 1 heterocycles. The SMILES string of the molecule is COCc1ccccc1CNCCCOCc1ccco1. The highest BCUT2D eigenvalue weighted by Crippen LogP contribution is 2.09. The smallest absolute Gasteiger partial charge is 0.129 e. The minimum atomic E-state index is 0.545. The molecule has 0 saturated carbocycles. The van der Waals surface area contributed by atoms with Gasteiger partial charge in [-0.15, -0.1) is 0 Å². The van der Waals surface area contributed by atoms with Crippen LogP contribution in [0.15, 0.2) is 47.1 Å². The van der Waals surface area contributed by atoms with Gasteiger partial charge >= 0.3 is 0 Å². The maximum atomic E-state index is 5.54. The molecule has 0 atom stereocenters. The van der Waals surface area contributed by atoms with Gasteiger partial charge in [0.2, 0.25) is 0 Å². The summed E-state index contributed by atoms with van der Waals surface area (Å²) in [6.07, 6.45) is 2.64. The molecule has 4 heteroatoms. The summed E-state index contributed by atoms with van der Waals surface area (Å²) >= 11 is 0. The van der Waals surface area contributed by atoms with E-state index in [4.69, 9.17) is 13.9 Å². The number of nitrogens with one attached hydrogen (secondary N) is 1. The van der Waals surface area contributed by atoms with Crippen molar-refractivity contribution < 1.29 is 13.9 Å². The lowest BCUT2D eigenvalue weighted by Gasteiger charge is -2.10. The first-order valence-corrected chi connectivity index (χ1v) is 7.26. The van der Waals surface area contributed by atoms with Crippen molar-refractivity contribution in [1.29, 1.82) is 0 Å². The molecule has 0 aliphatic heterocycles. The zero-order valence-corrected chi connectivity index (χ0v) is 12.5. The first kappa shape index (κ1) is 15.8. The van der Waals surface area contributed by atoms with Crippen LogP contribution >= 0.6 is 0 Å². The normalized spacial score (nSPS) is 10.9. The number of hydrogen-bond acceptors (Lipinski definition) is 4. The minimum Gasteiger partial charge on any atom is -0.467 e. The highest BCUT2D eigenvalue weighted by atomic mass is 16.5. The molecule has 0 fully saturated rings. The average molecular weight is 289 g/mol. The number of hydrogen-bond donors (Lipinski definition) is 1. The van der Waals surface area contributed by atoms with Crippen LogP contribution < -0.4 is 5.32 Å². The van der Waals surface area contributed by atoms with E-state index in [1.54, 1.807) is 13.4 Å². The molecule has 21 heavy (non-hydrogen) atoms. The second-order valence-electron chi connectivity index (χ2n) is 4.86. The molecular formula is C17H23NO3. The van der Waals surface area contributed by atoms with E-state index in [1.165, 1.54) is 11.1 Å². The summed E-state index contributed by atoms with van der Waals surface area (Å²) in [6.45, 7) is 3.72. The molecule has 0 radical (unpaired) electrons. The van der Waals surface area contributed by atoms with Crippen molar-refractivity contribution in [2.24, 2.45) is 0 Å². The van der Waals surface area contributed by atoms with E-state index in [0.29, 0.717) is 13.2 Å². The van der Waals surface area contributed by atoms with Crippen LogP contribution in [0.1, 0.15) is 23.3 Å². The highest BCUT2D eigenvalue weighted by molar-refractivity contribution is 5.26. The molecule has 2 rings (SSSR count). The Morgan fingerprint density at radius 2 is 1.90 bits per heavy atom. The molecule has 0 amide bonds. The van der Waals surface area contributed by atoms with Crippen LogP contribution in [0.2, 0.25) is 0 Å². The Labute approximate surface area is 126 Å². The van der Waals surface area contributed by atoms with E-state index in [-0.39, 0.29) is 0 Å². The third kappa shape index (κ3) is 5.71. The van der Waals surface area contributed by atoms with Crippen LogP contribution in [0, 0.1) is 0 Å². The minimum absolute atomic E-state index is 0.545. The van der Waals surface area contributed by atoms with Crippen molar-refractivity contribution in [3.63, 3.8) is 0 Å². The molecular weight excluding hydrogens is 266 g/mol. The van der Waals surface area contributed by atoms with Crippen molar-refractivity contribution in [3.8, 4) is 0 Å². The standard InChI is InChI=1S/C17H23NO3/c1-19-13-16-7-3-2-6-15(16)12-18-9-5-10-20-14-17-8-4-11-21-17/h2-4,6-8,11,18H,5,9-10,12-14H2,1H3. The molecule has 4 nitrogen and oxygen atoms in total. The molecule has 0 aliphatic carbocycles. The Kier molecular flexibility index (Phi) is 7.01. The fourth-order valence-corrected chi connectivity index (χ4v) is 2.12. The van der Waals surface area contributed by atoms with Gasteiger partial charge < -0.3 is 19.2 Å². The molecule has 1 aromatic heterocycles. The van der Waals surface area contributed by atoms with Crippen molar-refractivity contribution in [2.45, 2.75) is 26.2 Å². The first-order valence-electron chi connectivity index (χ1n) is 7.26. The predicted molar refractivity (Wildman–Crippen MR) is 81.8 cm³/mol. The van der Waals surface area contributed by atoms with Gasteiger partial charge in [0.15, 0.2) is 0 Å². The largest absolute Gasteiger partial charge is 0.467 e. The van der Waals surface area contributed by atoms with E-state index in [0.717, 1.165) is 31.9 Å². The van der Waals surface area contributed by atoms with E-state index in [9.17, 15) is 0 Å². The Balaban J connectivity index is 1.57. The lowest BCUT2D eigenvalue weighted by Crippen LogP contribution is -2.17. The zero-order chi connectivity index (χ0) is 14.8. The van der Waals surface area contributed by atoms with Crippen LogP contribution in [0.4, 0.5) is 0 Å². The van der Waals surface area contributed by atoms with Gasteiger partial charge in [-0.25, -0.2) is 0 Å². The molecule has 0 saturated heterocycles. The van der Waals surface area contributed by atoms with Gasteiger partial charge in [-0.3, -0.25) is 0 Å². The molecule has 1 N–H and O–H groups in total. The third-order valence-corrected chi connectivity index (χ3v) is 3.20. The maximum absolute atomic E-state index is 5.54. The van der Waals surface area contributed by atoms with Crippen LogP contribution in [-0.2, 0) is 29.2 Å². The zero-order valence-electron chi connectivity index (χ0n) is 12.5. The van der Waals surface area contributed by atoms with Gasteiger partial charge in [-0.2, -0.15) is 0 Å². The molecule has 0 spiro atoms. The lowest BCUT2D eigenvalue weighted by molar-refractivity contribution is 0.104. The van der Waals surface area contributed by atoms with Crippen molar-refractivity contribution in [2.75, 3.05) is 20.3 Å². The van der Waals surface area contributed by atoms with E-state index >= 15 is 0 Å². The molecule has 0 bridgehead atoms. The van der Waals surface area contributed by atoms with E-state index < -0.39 is 0 Å². The van der Waals surface area contributed by atoms with Crippen molar-refractivity contribution >= 4 is 0 Å². The Bertz CT molecular complexity index is 496. The van der Waals surface area contributed by atoms with Crippen LogP contribution in [0.3, 0.4) is 0 Å². The fourth-order valence-electron chi connectivity index (χ4n) is 2.12. The van der Waals surface area contributed by atoms with Crippen molar-refractivity contribution in [1.82, 2.24) is 5.32 Å². The third-order valence-electron chi connectivity index (χ3n) is 3.20. The van der Waals surface area contributed by atoms with E-state index in [1.807, 2.05) is 18.2 Å². The maximum Gasteiger partial charge on any atom is 0.129 e. The summed E-state index contributed by atoms with van der Waals surface area (Å²) in [5, 5.41) is 3.44. The fraction of sp³-hybridized carbons (Fsp3) is 0.412. The molecule has 0 unspecified atom stereocenters. The Morgan fingerprint density at radius 1 is 1.05 bits per heavy atom. The second-order valence-corrected chi connectivity index (χ2v) is 4.86. The van der Waals surface area contributed by atoms with Gasteiger partial charge in [0, 0.05) is 20.3 Å².